The molecule has 4 heterocycles. The lowest BCUT2D eigenvalue weighted by atomic mass is 10.1. The van der Waals surface area contributed by atoms with Crippen molar-refractivity contribution in [3.63, 3.8) is 0 Å². The summed E-state index contributed by atoms with van der Waals surface area (Å²) in [4.78, 5) is 18.2. The van der Waals surface area contributed by atoms with Crippen molar-refractivity contribution in [3.8, 4) is 17.0 Å². The number of amides is 1. The van der Waals surface area contributed by atoms with Crippen LogP contribution in [-0.2, 0) is 13.0 Å². The van der Waals surface area contributed by atoms with Gasteiger partial charge in [0, 0.05) is 25.2 Å². The number of benzene rings is 1. The molecule has 0 radical (unpaired) electrons. The van der Waals surface area contributed by atoms with E-state index in [1.807, 2.05) is 49.4 Å². The Labute approximate surface area is 196 Å². The number of oxazole rings is 1. The highest BCUT2D eigenvalue weighted by Gasteiger charge is 2.27. The number of likely N-dealkylation sites (tertiary alicyclic amines) is 1. The molecule has 0 bridgehead atoms. The third-order valence-electron chi connectivity index (χ3n) is 5.29. The normalized spacial score (nSPS) is 15.1. The number of hydrogen-bond acceptors (Lipinski definition) is 8. The van der Waals surface area contributed by atoms with Crippen LogP contribution in [0.1, 0.15) is 35.4 Å². The molecule has 10 heteroatoms. The molecule has 1 aliphatic rings. The van der Waals surface area contributed by atoms with Gasteiger partial charge in [0.05, 0.1) is 36.3 Å². The van der Waals surface area contributed by atoms with Crippen molar-refractivity contribution in [2.45, 2.75) is 32.4 Å². The Morgan fingerprint density at radius 3 is 2.59 bits per heavy atom. The molecule has 1 aliphatic heterocycles. The van der Waals surface area contributed by atoms with Gasteiger partial charge in [-0.15, -0.1) is 0 Å². The molecule has 3 aromatic heterocycles. The molecule has 10 nitrogen and oxygen atoms in total. The topological polar surface area (TPSA) is 130 Å². The molecule has 1 aromatic carbocycles. The summed E-state index contributed by atoms with van der Waals surface area (Å²) in [6.45, 7) is 3.65. The minimum Gasteiger partial charge on any atom is -0.505 e. The Balaban J connectivity index is 0.000000291. The molecule has 2 N–H and O–H groups in total. The van der Waals surface area contributed by atoms with Crippen LogP contribution in [0.5, 0.6) is 5.75 Å². The molecule has 1 amide bonds. The molecule has 0 spiro atoms. The Kier molecular flexibility index (Phi) is 7.28. The molecule has 1 atom stereocenters. The van der Waals surface area contributed by atoms with Crippen LogP contribution in [0.25, 0.3) is 11.3 Å². The van der Waals surface area contributed by atoms with Crippen LogP contribution in [0.15, 0.2) is 65.5 Å². The van der Waals surface area contributed by atoms with Crippen LogP contribution < -0.4 is 0 Å². The Hall–Kier alpha value is -4.05. The first-order valence-electron chi connectivity index (χ1n) is 11.0. The summed E-state index contributed by atoms with van der Waals surface area (Å²) in [5, 5.41) is 30.5. The number of aliphatic hydroxyl groups excluding tert-OH is 1. The number of carbonyl (C=O) groups excluding carboxylic acids is 1. The van der Waals surface area contributed by atoms with Crippen LogP contribution in [-0.4, -0.2) is 65.2 Å². The maximum atomic E-state index is 12.3. The first kappa shape index (κ1) is 23.1. The number of aromatic hydroxyl groups is 1. The average molecular weight is 463 g/mol. The van der Waals surface area contributed by atoms with Crippen LogP contribution in [0.3, 0.4) is 0 Å². The van der Waals surface area contributed by atoms with E-state index in [2.05, 4.69) is 20.3 Å². The van der Waals surface area contributed by atoms with Crippen LogP contribution in [0.4, 0.5) is 0 Å². The summed E-state index contributed by atoms with van der Waals surface area (Å²) in [5.41, 5.74) is 2.76. The van der Waals surface area contributed by atoms with Gasteiger partial charge in [0.15, 0.2) is 11.4 Å². The van der Waals surface area contributed by atoms with Gasteiger partial charge in [-0.05, 0) is 25.5 Å². The number of aryl methyl sites for hydroxylation is 1. The number of β-amino-alcohol motifs (C(OH)–C–C–N with tert-alkyl or cyclic N) is 1. The quantitative estimate of drug-likeness (QED) is 0.463. The highest BCUT2D eigenvalue weighted by Crippen LogP contribution is 2.17. The van der Waals surface area contributed by atoms with Crippen molar-refractivity contribution in [1.82, 2.24) is 29.9 Å². The number of nitrogens with zero attached hydrogens (tertiary/aromatic N) is 6. The molecule has 0 saturated carbocycles. The fraction of sp³-hybridized carbons (Fsp3) is 0.292. The van der Waals surface area contributed by atoms with Gasteiger partial charge < -0.3 is 19.5 Å². The summed E-state index contributed by atoms with van der Waals surface area (Å²) >= 11 is 0. The van der Waals surface area contributed by atoms with Crippen molar-refractivity contribution in [3.05, 3.63) is 78.4 Å². The molecule has 34 heavy (non-hydrogen) atoms. The van der Waals surface area contributed by atoms with E-state index in [4.69, 9.17) is 9.52 Å². The molecule has 1 unspecified atom stereocenters. The van der Waals surface area contributed by atoms with Gasteiger partial charge in [-0.1, -0.05) is 30.3 Å². The predicted molar refractivity (Wildman–Crippen MR) is 123 cm³/mol. The summed E-state index contributed by atoms with van der Waals surface area (Å²) in [6, 6.07) is 13.6. The highest BCUT2D eigenvalue weighted by molar-refractivity contribution is 5.92. The number of aliphatic hydroxyl groups is 1. The van der Waals surface area contributed by atoms with Gasteiger partial charge in [0.1, 0.15) is 6.26 Å². The van der Waals surface area contributed by atoms with Gasteiger partial charge in [-0.2, -0.15) is 15.3 Å². The lowest BCUT2D eigenvalue weighted by molar-refractivity contribution is 0.0759. The maximum Gasteiger partial charge on any atom is 0.275 e. The second kappa shape index (κ2) is 10.7. The third kappa shape index (κ3) is 5.84. The fourth-order valence-electron chi connectivity index (χ4n) is 3.48. The minimum atomic E-state index is -0.455. The van der Waals surface area contributed by atoms with E-state index in [9.17, 15) is 9.90 Å². The average Bonchev–Trinajstić information content (AvgIpc) is 3.61. The second-order valence-corrected chi connectivity index (χ2v) is 7.83. The molecule has 5 rings (SSSR count). The van der Waals surface area contributed by atoms with Crippen LogP contribution >= 0.6 is 0 Å². The van der Waals surface area contributed by atoms with Crippen molar-refractivity contribution < 1.29 is 19.4 Å². The summed E-state index contributed by atoms with van der Waals surface area (Å²) < 4.78 is 7.06. The molecule has 1 saturated heterocycles. The van der Waals surface area contributed by atoms with E-state index in [1.165, 1.54) is 12.5 Å². The smallest absolute Gasteiger partial charge is 0.275 e. The van der Waals surface area contributed by atoms with Gasteiger partial charge in [0.25, 0.3) is 5.91 Å². The van der Waals surface area contributed by atoms with Crippen LogP contribution in [0.2, 0.25) is 0 Å². The fourth-order valence-corrected chi connectivity index (χ4v) is 3.48. The number of carbonyl (C=O) groups is 1. The molecular formula is C24H26N6O4. The van der Waals surface area contributed by atoms with E-state index in [0.29, 0.717) is 37.5 Å². The summed E-state index contributed by atoms with van der Waals surface area (Å²) in [7, 11) is 0. The van der Waals surface area contributed by atoms with E-state index >= 15 is 0 Å². The third-order valence-corrected chi connectivity index (χ3v) is 5.29. The van der Waals surface area contributed by atoms with E-state index in [0.717, 1.165) is 17.8 Å². The Bertz CT molecular complexity index is 1210. The summed E-state index contributed by atoms with van der Waals surface area (Å²) in [5.74, 6) is 0.420. The molecule has 1 fully saturated rings. The van der Waals surface area contributed by atoms with Crippen molar-refractivity contribution in [1.29, 1.82) is 0 Å². The van der Waals surface area contributed by atoms with Gasteiger partial charge in [0.2, 0.25) is 5.89 Å². The molecule has 0 aliphatic carbocycles. The Morgan fingerprint density at radius 2 is 2.00 bits per heavy atom. The van der Waals surface area contributed by atoms with Gasteiger partial charge in [-0.25, -0.2) is 4.98 Å². The van der Waals surface area contributed by atoms with E-state index in [1.54, 1.807) is 15.8 Å². The van der Waals surface area contributed by atoms with E-state index in [-0.39, 0.29) is 17.4 Å². The highest BCUT2D eigenvalue weighted by atomic mass is 16.3. The molecular weight excluding hydrogens is 436 g/mol. The standard InChI is InChI=1S/C19H18N4O3.C5H8N2O/c24-15-8-9-23(11-15)19(25)17-12-26-18(20-17)10-14-6-7-16(22-21-14)13-4-2-1-3-5-13;1-2-7-4-5(8)3-6-7/h1-7,12,15,24H,8-11H2;3-4,8H,2H2,1H3. The zero-order valence-corrected chi connectivity index (χ0v) is 18.8. The van der Waals surface area contributed by atoms with Gasteiger partial charge >= 0.3 is 0 Å². The first-order chi connectivity index (χ1) is 16.5. The summed E-state index contributed by atoms with van der Waals surface area (Å²) in [6.07, 6.45) is 4.86. The SMILES string of the molecule is CCn1cc(O)cn1.O=C(c1coc(Cc2ccc(-c3ccccc3)nn2)n1)N1CCC(O)C1. The van der Waals surface area contributed by atoms with Gasteiger partial charge in [-0.3, -0.25) is 9.48 Å². The Morgan fingerprint density at radius 1 is 1.18 bits per heavy atom. The second-order valence-electron chi connectivity index (χ2n) is 7.83. The largest absolute Gasteiger partial charge is 0.505 e. The first-order valence-corrected chi connectivity index (χ1v) is 11.0. The van der Waals surface area contributed by atoms with Crippen molar-refractivity contribution in [2.75, 3.05) is 13.1 Å². The van der Waals surface area contributed by atoms with Crippen LogP contribution in [0, 0.1) is 0 Å². The van der Waals surface area contributed by atoms with E-state index < -0.39 is 6.10 Å². The zero-order chi connectivity index (χ0) is 23.9. The predicted octanol–water partition coefficient (Wildman–Crippen LogP) is 2.54. The zero-order valence-electron chi connectivity index (χ0n) is 18.8. The maximum absolute atomic E-state index is 12.3. The number of rotatable bonds is 5. The molecule has 4 aromatic rings. The minimum absolute atomic E-state index is 0.220. The lowest BCUT2D eigenvalue weighted by Gasteiger charge is -2.12. The van der Waals surface area contributed by atoms with Crippen molar-refractivity contribution >= 4 is 5.91 Å². The molecule has 176 valence electrons. The number of hydrogen-bond donors (Lipinski definition) is 2. The number of aromatic nitrogens is 5. The monoisotopic (exact) mass is 462 g/mol. The lowest BCUT2D eigenvalue weighted by Crippen LogP contribution is -2.29. The van der Waals surface area contributed by atoms with Crippen molar-refractivity contribution in [2.24, 2.45) is 0 Å².